The van der Waals surface area contributed by atoms with Gasteiger partial charge in [0.05, 0.1) is 5.41 Å². The summed E-state index contributed by atoms with van der Waals surface area (Å²) in [6.07, 6.45) is 14.3. The monoisotopic (exact) mass is 492 g/mol. The first-order valence-corrected chi connectivity index (χ1v) is 12.4. The Bertz CT molecular complexity index is 1120. The summed E-state index contributed by atoms with van der Waals surface area (Å²) in [6, 6.07) is 2.01. The molecule has 3 heterocycles. The van der Waals surface area contributed by atoms with Crippen LogP contribution in [0.2, 0.25) is 0 Å². The topological polar surface area (TPSA) is 99.7 Å². The number of allylic oxidation sites excluding steroid dienone is 6. The average Bonchev–Trinajstić information content (AvgIpc) is 2.85. The highest BCUT2D eigenvalue weighted by Gasteiger charge is 2.37. The van der Waals surface area contributed by atoms with Crippen molar-refractivity contribution in [3.05, 3.63) is 60.1 Å². The number of ether oxygens (including phenoxy) is 1. The van der Waals surface area contributed by atoms with Crippen molar-refractivity contribution in [2.24, 2.45) is 5.41 Å². The first kappa shape index (κ1) is 25.5. The molecule has 1 aliphatic carbocycles. The Morgan fingerprint density at radius 3 is 2.69 bits per heavy atom. The molecule has 3 aliphatic rings. The maximum absolute atomic E-state index is 12.8. The van der Waals surface area contributed by atoms with Crippen LogP contribution in [0, 0.1) is 5.41 Å². The molecule has 0 radical (unpaired) electrons. The van der Waals surface area contributed by atoms with E-state index >= 15 is 0 Å². The molecule has 0 spiro atoms. The van der Waals surface area contributed by atoms with Crippen LogP contribution in [0.5, 0.6) is 0 Å². The average molecular weight is 493 g/mol. The van der Waals surface area contributed by atoms with Crippen LogP contribution in [0.15, 0.2) is 60.1 Å². The molecule has 1 aromatic heterocycles. The third kappa shape index (κ3) is 5.61. The lowest BCUT2D eigenvalue weighted by molar-refractivity contribution is -0.119. The lowest BCUT2D eigenvalue weighted by Crippen LogP contribution is -2.44. The van der Waals surface area contributed by atoms with E-state index in [0.717, 1.165) is 24.2 Å². The number of dihydropyridines is 1. The molecule has 1 aromatic rings. The molecule has 36 heavy (non-hydrogen) atoms. The summed E-state index contributed by atoms with van der Waals surface area (Å²) >= 11 is 0. The minimum Gasteiger partial charge on any atom is -0.444 e. The zero-order valence-electron chi connectivity index (χ0n) is 21.7. The number of nitrogens with zero attached hydrogens (tertiary/aromatic N) is 4. The Morgan fingerprint density at radius 2 is 2.00 bits per heavy atom. The Labute approximate surface area is 213 Å². The number of ketones is 1. The van der Waals surface area contributed by atoms with Gasteiger partial charge in [0.15, 0.2) is 5.78 Å². The van der Waals surface area contributed by atoms with Crippen molar-refractivity contribution < 1.29 is 14.3 Å². The molecule has 9 nitrogen and oxygen atoms in total. The molecule has 1 amide bonds. The zero-order valence-corrected chi connectivity index (χ0v) is 21.7. The lowest BCUT2D eigenvalue weighted by atomic mass is 9.75. The summed E-state index contributed by atoms with van der Waals surface area (Å²) in [5.74, 6) is 2.12. The predicted molar refractivity (Wildman–Crippen MR) is 140 cm³/mol. The number of nitrogens with one attached hydrogen (secondary N) is 2. The van der Waals surface area contributed by atoms with Crippen molar-refractivity contribution in [2.75, 3.05) is 36.9 Å². The number of anilines is 2. The van der Waals surface area contributed by atoms with Crippen LogP contribution in [0.25, 0.3) is 0 Å². The molecule has 0 saturated carbocycles. The molecule has 9 heteroatoms. The van der Waals surface area contributed by atoms with Gasteiger partial charge >= 0.3 is 6.09 Å². The largest absolute Gasteiger partial charge is 0.444 e. The zero-order chi connectivity index (χ0) is 25.9. The summed E-state index contributed by atoms with van der Waals surface area (Å²) in [5.41, 5.74) is -0.359. The SMILES string of the molecule is CN(C1=C(C2(C)C=CC=CC2=O)C=CCN1)c1ccnc(NC2CCN(C(=O)OC(C)(C)C)CC2)n1. The smallest absolute Gasteiger partial charge is 0.410 e. The fourth-order valence-electron chi connectivity index (χ4n) is 4.53. The van der Waals surface area contributed by atoms with Crippen LogP contribution in [-0.4, -0.2) is 65.1 Å². The number of amides is 1. The van der Waals surface area contributed by atoms with Crippen LogP contribution in [0.3, 0.4) is 0 Å². The van der Waals surface area contributed by atoms with E-state index in [9.17, 15) is 9.59 Å². The molecular formula is C27H36N6O3. The van der Waals surface area contributed by atoms with Gasteiger partial charge in [0.25, 0.3) is 0 Å². The standard InChI is InChI=1S/C27H36N6O3/c1-26(2,3)36-25(35)33-17-12-19(13-18-33)30-24-29-16-11-22(31-24)32(5)23-20(9-8-15-28-23)27(4)14-7-6-10-21(27)34/h6-11,14,16,19,28H,12-13,15,17-18H2,1-5H3,(H,29,30,31). The number of piperidine rings is 1. The van der Waals surface area contributed by atoms with Gasteiger partial charge in [-0.1, -0.05) is 30.4 Å². The van der Waals surface area contributed by atoms with Gasteiger partial charge in [0.2, 0.25) is 5.95 Å². The highest BCUT2D eigenvalue weighted by atomic mass is 16.6. The van der Waals surface area contributed by atoms with Gasteiger partial charge < -0.3 is 25.2 Å². The second-order valence-corrected chi connectivity index (χ2v) is 10.5. The third-order valence-corrected chi connectivity index (χ3v) is 6.59. The molecular weight excluding hydrogens is 456 g/mol. The summed E-state index contributed by atoms with van der Waals surface area (Å²) in [7, 11) is 1.93. The number of likely N-dealkylation sites (tertiary alicyclic amines) is 1. The second kappa shape index (κ2) is 10.2. The normalized spacial score (nSPS) is 22.5. The van der Waals surface area contributed by atoms with Gasteiger partial charge in [-0.3, -0.25) is 4.79 Å². The molecule has 2 N–H and O–H groups in total. The number of carbonyl (C=O) groups excluding carboxylic acids is 2. The fraction of sp³-hybridized carbons (Fsp3) is 0.481. The van der Waals surface area contributed by atoms with E-state index in [1.54, 1.807) is 23.2 Å². The molecule has 0 bridgehead atoms. The lowest BCUT2D eigenvalue weighted by Gasteiger charge is -2.35. The van der Waals surface area contributed by atoms with Gasteiger partial charge in [0, 0.05) is 44.5 Å². The Hall–Kier alpha value is -3.62. The van der Waals surface area contributed by atoms with E-state index < -0.39 is 11.0 Å². The maximum atomic E-state index is 12.8. The molecule has 2 aliphatic heterocycles. The van der Waals surface area contributed by atoms with E-state index in [1.165, 1.54) is 0 Å². The Kier molecular flexibility index (Phi) is 7.19. The third-order valence-electron chi connectivity index (χ3n) is 6.59. The molecule has 1 saturated heterocycles. The molecule has 1 atom stereocenters. The number of carbonyl (C=O) groups is 2. The van der Waals surface area contributed by atoms with Crippen molar-refractivity contribution in [3.63, 3.8) is 0 Å². The summed E-state index contributed by atoms with van der Waals surface area (Å²) < 4.78 is 5.49. The highest BCUT2D eigenvalue weighted by molar-refractivity contribution is 6.00. The Morgan fingerprint density at radius 1 is 1.25 bits per heavy atom. The van der Waals surface area contributed by atoms with Crippen LogP contribution in [-0.2, 0) is 9.53 Å². The van der Waals surface area contributed by atoms with E-state index in [1.807, 2.05) is 70.0 Å². The van der Waals surface area contributed by atoms with Gasteiger partial charge in [0.1, 0.15) is 17.2 Å². The van der Waals surface area contributed by atoms with Crippen LogP contribution in [0.4, 0.5) is 16.6 Å². The Balaban J connectivity index is 1.45. The van der Waals surface area contributed by atoms with Gasteiger partial charge in [-0.15, -0.1) is 0 Å². The van der Waals surface area contributed by atoms with Gasteiger partial charge in [-0.2, -0.15) is 4.98 Å². The van der Waals surface area contributed by atoms with Crippen LogP contribution >= 0.6 is 0 Å². The summed E-state index contributed by atoms with van der Waals surface area (Å²) in [5, 5.41) is 6.84. The molecule has 0 aromatic carbocycles. The van der Waals surface area contributed by atoms with E-state index in [4.69, 9.17) is 9.72 Å². The molecule has 192 valence electrons. The predicted octanol–water partition coefficient (Wildman–Crippen LogP) is 3.80. The highest BCUT2D eigenvalue weighted by Crippen LogP contribution is 2.37. The van der Waals surface area contributed by atoms with Crippen molar-refractivity contribution in [1.82, 2.24) is 20.2 Å². The number of rotatable bonds is 5. The summed E-state index contributed by atoms with van der Waals surface area (Å²) in [6.45, 7) is 9.46. The van der Waals surface area contributed by atoms with Gasteiger partial charge in [-0.25, -0.2) is 9.78 Å². The van der Waals surface area contributed by atoms with E-state index in [2.05, 4.69) is 15.6 Å². The number of hydrogen-bond donors (Lipinski definition) is 2. The van der Waals surface area contributed by atoms with Crippen LogP contribution < -0.4 is 15.5 Å². The van der Waals surface area contributed by atoms with Crippen molar-refractivity contribution >= 4 is 23.6 Å². The quantitative estimate of drug-likeness (QED) is 0.640. The summed E-state index contributed by atoms with van der Waals surface area (Å²) in [4.78, 5) is 38.0. The van der Waals surface area contributed by atoms with Crippen molar-refractivity contribution in [3.8, 4) is 0 Å². The van der Waals surface area contributed by atoms with Crippen molar-refractivity contribution in [1.29, 1.82) is 0 Å². The number of aromatic nitrogens is 2. The molecule has 1 fully saturated rings. The first-order chi connectivity index (χ1) is 17.1. The molecule has 4 rings (SSSR count). The minimum absolute atomic E-state index is 0.0435. The number of hydrogen-bond acceptors (Lipinski definition) is 8. The van der Waals surface area contributed by atoms with Crippen molar-refractivity contribution in [2.45, 2.75) is 52.2 Å². The van der Waals surface area contributed by atoms with Gasteiger partial charge in [-0.05, 0) is 52.7 Å². The first-order valence-electron chi connectivity index (χ1n) is 12.4. The maximum Gasteiger partial charge on any atom is 0.410 e. The van der Waals surface area contributed by atoms with E-state index in [-0.39, 0.29) is 17.9 Å². The molecule has 1 unspecified atom stereocenters. The van der Waals surface area contributed by atoms with Crippen LogP contribution in [0.1, 0.15) is 40.5 Å². The fourth-order valence-corrected chi connectivity index (χ4v) is 4.53. The second-order valence-electron chi connectivity index (χ2n) is 10.5. The minimum atomic E-state index is -0.752. The van der Waals surface area contributed by atoms with E-state index in [0.29, 0.717) is 31.4 Å².